The first-order valence-electron chi connectivity index (χ1n) is 19.7. The molecule has 8 heteroatoms. The predicted molar refractivity (Wildman–Crippen MR) is 182 cm³/mol. The highest BCUT2D eigenvalue weighted by Gasteiger charge is 2.68. The van der Waals surface area contributed by atoms with Gasteiger partial charge in [-0.1, -0.05) is 45.8 Å². The molecule has 11 atom stereocenters. The van der Waals surface area contributed by atoms with Gasteiger partial charge in [0.1, 0.15) is 6.42 Å². The average Bonchev–Trinajstić information content (AvgIpc) is 3.52. The number of carbonyl (C=O) groups excluding carboxylic acids is 2. The van der Waals surface area contributed by atoms with E-state index in [2.05, 4.69) is 49.1 Å². The summed E-state index contributed by atoms with van der Waals surface area (Å²) < 4.78 is 13.5. The van der Waals surface area contributed by atoms with Crippen molar-refractivity contribution in [3.63, 3.8) is 0 Å². The maximum absolute atomic E-state index is 13.1. The highest BCUT2D eigenvalue weighted by Crippen LogP contribution is 2.70. The maximum Gasteiger partial charge on any atom is 0.232 e. The van der Waals surface area contributed by atoms with E-state index in [0.717, 1.165) is 89.3 Å². The van der Waals surface area contributed by atoms with Crippen LogP contribution in [0.5, 0.6) is 0 Å². The number of ether oxygens (including phenoxy) is 2. The lowest BCUT2D eigenvalue weighted by atomic mass is 9.46. The Morgan fingerprint density at radius 1 is 0.915 bits per heavy atom. The number of allylic oxidation sites excluding steroid dienone is 1. The molecule has 8 aliphatic rings. The zero-order valence-corrected chi connectivity index (χ0v) is 29.8. The van der Waals surface area contributed by atoms with Crippen molar-refractivity contribution in [2.75, 3.05) is 45.9 Å². The molecular formula is C39H62N4O4. The average molecular weight is 651 g/mol. The van der Waals surface area contributed by atoms with Gasteiger partial charge >= 0.3 is 0 Å². The third kappa shape index (κ3) is 5.54. The molecule has 4 aliphatic carbocycles. The fourth-order valence-corrected chi connectivity index (χ4v) is 12.7. The summed E-state index contributed by atoms with van der Waals surface area (Å²) in [6, 6.07) is 0.144. The number of rotatable bonds is 4. The predicted octanol–water partition coefficient (Wildman–Crippen LogP) is 5.77. The van der Waals surface area contributed by atoms with Crippen molar-refractivity contribution in [3.8, 4) is 0 Å². The van der Waals surface area contributed by atoms with Crippen LogP contribution in [0.4, 0.5) is 0 Å². The molecule has 8 nitrogen and oxygen atoms in total. The van der Waals surface area contributed by atoms with E-state index in [0.29, 0.717) is 29.3 Å². The van der Waals surface area contributed by atoms with E-state index in [1.807, 2.05) is 4.90 Å². The van der Waals surface area contributed by atoms with Crippen LogP contribution in [0, 0.1) is 46.3 Å². The Kier molecular flexibility index (Phi) is 8.62. The molecule has 0 bridgehead atoms. The van der Waals surface area contributed by atoms with Gasteiger partial charge in [0.15, 0.2) is 5.79 Å². The Morgan fingerprint density at radius 2 is 1.68 bits per heavy atom. The Bertz CT molecular complexity index is 1230. The van der Waals surface area contributed by atoms with Gasteiger partial charge in [-0.2, -0.15) is 0 Å². The molecule has 1 N–H and O–H groups in total. The topological polar surface area (TPSA) is 74.3 Å². The normalized spacial score (nSPS) is 47.1. The summed E-state index contributed by atoms with van der Waals surface area (Å²) >= 11 is 0. The van der Waals surface area contributed by atoms with Crippen LogP contribution in [0.25, 0.3) is 0 Å². The number of piperazine rings is 1. The van der Waals surface area contributed by atoms with Gasteiger partial charge in [-0.15, -0.1) is 0 Å². The third-order valence-electron chi connectivity index (χ3n) is 15.4. The quantitative estimate of drug-likeness (QED) is 0.308. The van der Waals surface area contributed by atoms with E-state index in [-0.39, 0.29) is 35.5 Å². The van der Waals surface area contributed by atoms with Gasteiger partial charge < -0.3 is 19.7 Å². The van der Waals surface area contributed by atoms with E-state index >= 15 is 0 Å². The number of fused-ring (bicyclic) bond motifs is 7. The highest BCUT2D eigenvalue weighted by molar-refractivity contribution is 5.97. The monoisotopic (exact) mass is 650 g/mol. The van der Waals surface area contributed by atoms with Crippen LogP contribution >= 0.6 is 0 Å². The summed E-state index contributed by atoms with van der Waals surface area (Å²) in [5, 5.41) is 8.20. The van der Waals surface area contributed by atoms with Crippen molar-refractivity contribution >= 4 is 11.8 Å². The zero-order chi connectivity index (χ0) is 32.6. The number of hydrogen-bond donors (Lipinski definition) is 1. The third-order valence-corrected chi connectivity index (χ3v) is 15.4. The molecule has 47 heavy (non-hydrogen) atoms. The number of carbonyl (C=O) groups is 2. The molecule has 7 fully saturated rings. The van der Waals surface area contributed by atoms with Crippen LogP contribution < -0.4 is 5.32 Å². The van der Waals surface area contributed by atoms with E-state index in [1.165, 1.54) is 51.4 Å². The van der Waals surface area contributed by atoms with Gasteiger partial charge in [-0.05, 0) is 105 Å². The smallest absolute Gasteiger partial charge is 0.232 e. The first-order valence-corrected chi connectivity index (χ1v) is 19.7. The number of piperidine rings is 1. The van der Waals surface area contributed by atoms with Crippen LogP contribution in [-0.4, -0.2) is 90.5 Å². The molecule has 0 aromatic heterocycles. The first kappa shape index (κ1) is 32.7. The van der Waals surface area contributed by atoms with Crippen molar-refractivity contribution < 1.29 is 19.1 Å². The zero-order valence-electron chi connectivity index (χ0n) is 29.8. The number of nitrogens with one attached hydrogen (secondary N) is 1. The number of amides is 2. The second-order valence-electron chi connectivity index (χ2n) is 17.8. The van der Waals surface area contributed by atoms with Gasteiger partial charge in [0.05, 0.1) is 12.7 Å². The van der Waals surface area contributed by atoms with Crippen LogP contribution in [0.2, 0.25) is 0 Å². The van der Waals surface area contributed by atoms with E-state index in [9.17, 15) is 9.59 Å². The summed E-state index contributed by atoms with van der Waals surface area (Å²) in [5.41, 5.74) is 2.13. The molecular weight excluding hydrogens is 588 g/mol. The minimum absolute atomic E-state index is 0.0124. The molecule has 0 unspecified atom stereocenters. The van der Waals surface area contributed by atoms with Crippen molar-refractivity contribution in [2.45, 2.75) is 129 Å². The van der Waals surface area contributed by atoms with Gasteiger partial charge in [0.25, 0.3) is 0 Å². The van der Waals surface area contributed by atoms with Crippen LogP contribution in [-0.2, 0) is 19.1 Å². The molecule has 0 aromatic rings. The van der Waals surface area contributed by atoms with E-state index in [4.69, 9.17) is 9.47 Å². The van der Waals surface area contributed by atoms with Gasteiger partial charge in [0.2, 0.25) is 11.8 Å². The largest absolute Gasteiger partial charge is 0.353 e. The molecule has 8 rings (SSSR count). The van der Waals surface area contributed by atoms with E-state index < -0.39 is 0 Å². The molecule has 2 amide bonds. The lowest BCUT2D eigenvalue weighted by Gasteiger charge is -2.58. The van der Waals surface area contributed by atoms with E-state index in [1.54, 1.807) is 5.57 Å². The van der Waals surface area contributed by atoms with Crippen LogP contribution in [0.1, 0.15) is 111 Å². The van der Waals surface area contributed by atoms with Gasteiger partial charge in [-0.3, -0.25) is 9.59 Å². The van der Waals surface area contributed by atoms with Crippen molar-refractivity contribution in [1.29, 1.82) is 0 Å². The Morgan fingerprint density at radius 3 is 2.43 bits per heavy atom. The summed E-state index contributed by atoms with van der Waals surface area (Å²) in [5.74, 6) is 3.43. The molecule has 3 saturated carbocycles. The number of hydrogen-bond acceptors (Lipinski definition) is 6. The minimum atomic E-state index is -0.340. The standard InChI is InChI=1S/C39H62N4O4/c1-26-10-15-39(46-25-26)27(2)36-33(47-39)23-32-30-9-8-28-22-29(11-13-37(28,3)31(30)12-14-38(32,36)4)40-34(44)24-35(45)41-18-20-43(21-19-41)42-16-6-5-7-17-42/h8,26-27,29-33,36H,5-7,9-25H2,1-4H3,(H,40,44)/t26-,27+,29+,30-,31+,32+,33+,36+,37+,38+,39-/m1/s1. The summed E-state index contributed by atoms with van der Waals surface area (Å²) in [6.45, 7) is 16.2. The lowest BCUT2D eigenvalue weighted by Crippen LogP contribution is -2.56. The first-order chi connectivity index (χ1) is 22.6. The summed E-state index contributed by atoms with van der Waals surface area (Å²) in [6.07, 6.45) is 17.1. The number of hydrazine groups is 1. The van der Waals surface area contributed by atoms with Crippen LogP contribution in [0.15, 0.2) is 11.6 Å². The summed E-state index contributed by atoms with van der Waals surface area (Å²) in [4.78, 5) is 28.1. The molecule has 262 valence electrons. The SMILES string of the molecule is C[C@@H]1CC[C@@]2(OC1)O[C@H]1C[C@H]3[C@@H]4CC=C5C[C@@H](NC(=O)CC(=O)N6CCN(N7CCCCC7)CC6)CC[C@]5(C)[C@H]4CC[C@]3(C)[C@H]1[C@@H]2C. The van der Waals surface area contributed by atoms with Gasteiger partial charge in [-0.25, -0.2) is 10.0 Å². The second-order valence-corrected chi connectivity index (χ2v) is 17.8. The fraction of sp³-hybridized carbons (Fsp3) is 0.897. The molecule has 1 spiro atoms. The fourth-order valence-electron chi connectivity index (χ4n) is 12.7. The lowest BCUT2D eigenvalue weighted by molar-refractivity contribution is -0.272. The van der Waals surface area contributed by atoms with Gasteiger partial charge in [0, 0.05) is 57.6 Å². The molecule has 4 saturated heterocycles. The Balaban J connectivity index is 0.860. The minimum Gasteiger partial charge on any atom is -0.353 e. The highest BCUT2D eigenvalue weighted by atomic mass is 16.7. The van der Waals surface area contributed by atoms with Crippen molar-refractivity contribution in [1.82, 2.24) is 20.2 Å². The number of nitrogens with zero attached hydrogens (tertiary/aromatic N) is 3. The molecule has 0 aromatic carbocycles. The Hall–Kier alpha value is -1.48. The van der Waals surface area contributed by atoms with Crippen molar-refractivity contribution in [3.05, 3.63) is 11.6 Å². The van der Waals surface area contributed by atoms with Crippen molar-refractivity contribution in [2.24, 2.45) is 46.3 Å². The second kappa shape index (κ2) is 12.4. The Labute approximate surface area is 283 Å². The summed E-state index contributed by atoms with van der Waals surface area (Å²) in [7, 11) is 0. The maximum atomic E-state index is 13.1. The molecule has 4 aliphatic heterocycles. The molecule has 0 radical (unpaired) electrons. The van der Waals surface area contributed by atoms with Crippen LogP contribution in [0.3, 0.4) is 0 Å². The molecule has 4 heterocycles.